The van der Waals surface area contributed by atoms with Crippen molar-refractivity contribution in [2.75, 3.05) is 26.9 Å². The second kappa shape index (κ2) is 7.26. The van der Waals surface area contributed by atoms with Crippen LogP contribution in [0.1, 0.15) is 0 Å². The van der Waals surface area contributed by atoms with Crippen LogP contribution < -0.4 is 10.1 Å². The molecule has 2 aromatic rings. The predicted molar refractivity (Wildman–Crippen MR) is 82.0 cm³/mol. The van der Waals surface area contributed by atoms with E-state index in [0.29, 0.717) is 18.9 Å². The normalized spacial score (nSPS) is 10.5. The van der Waals surface area contributed by atoms with E-state index in [1.807, 2.05) is 36.4 Å². The summed E-state index contributed by atoms with van der Waals surface area (Å²) in [5.41, 5.74) is 0. The van der Waals surface area contributed by atoms with Crippen LogP contribution in [0, 0.1) is 0 Å². The highest BCUT2D eigenvalue weighted by Crippen LogP contribution is 2.32. The molecule has 0 heterocycles. The Bertz CT molecular complexity index is 601. The van der Waals surface area contributed by atoms with Crippen LogP contribution in [0.4, 0.5) is 0 Å². The van der Waals surface area contributed by atoms with Crippen LogP contribution in [0.2, 0.25) is 0 Å². The number of hydrogen-bond acceptors (Lipinski definition) is 3. The monoisotopic (exact) mass is 337 g/mol. The van der Waals surface area contributed by atoms with Crippen molar-refractivity contribution in [2.24, 2.45) is 0 Å². The van der Waals surface area contributed by atoms with E-state index >= 15 is 0 Å². The van der Waals surface area contributed by atoms with E-state index in [0.717, 1.165) is 15.2 Å². The molecule has 106 valence electrons. The highest BCUT2D eigenvalue weighted by atomic mass is 79.9. The maximum Gasteiger partial charge on any atom is 0.258 e. The van der Waals surface area contributed by atoms with E-state index < -0.39 is 0 Å². The summed E-state index contributed by atoms with van der Waals surface area (Å²) in [5, 5.41) is 4.89. The summed E-state index contributed by atoms with van der Waals surface area (Å²) in [4.78, 5) is 11.6. The van der Waals surface area contributed by atoms with E-state index in [2.05, 4.69) is 21.2 Å². The Hall–Kier alpha value is -1.59. The third-order valence-electron chi connectivity index (χ3n) is 2.81. The van der Waals surface area contributed by atoms with Crippen molar-refractivity contribution in [1.82, 2.24) is 5.32 Å². The van der Waals surface area contributed by atoms with Crippen LogP contribution in [-0.4, -0.2) is 32.8 Å². The molecule has 4 nitrogen and oxygen atoms in total. The number of amides is 1. The molecule has 0 unspecified atom stereocenters. The van der Waals surface area contributed by atoms with Gasteiger partial charge in [-0.25, -0.2) is 0 Å². The van der Waals surface area contributed by atoms with E-state index in [1.54, 1.807) is 7.11 Å². The second-order valence-electron chi connectivity index (χ2n) is 4.23. The van der Waals surface area contributed by atoms with Crippen LogP contribution in [0.15, 0.2) is 40.9 Å². The third-order valence-corrected chi connectivity index (χ3v) is 3.63. The number of fused-ring (bicyclic) bond motifs is 1. The minimum Gasteiger partial charge on any atom is -0.483 e. The van der Waals surface area contributed by atoms with E-state index in [9.17, 15) is 4.79 Å². The van der Waals surface area contributed by atoms with Crippen molar-refractivity contribution in [3.63, 3.8) is 0 Å². The molecular weight excluding hydrogens is 322 g/mol. The maximum atomic E-state index is 11.6. The number of benzene rings is 2. The average molecular weight is 338 g/mol. The Morgan fingerprint density at radius 2 is 2.05 bits per heavy atom. The zero-order valence-corrected chi connectivity index (χ0v) is 12.8. The topological polar surface area (TPSA) is 47.6 Å². The molecular formula is C15H16BrNO3. The molecule has 5 heteroatoms. The number of carbonyl (C=O) groups is 1. The Morgan fingerprint density at radius 1 is 1.25 bits per heavy atom. The molecule has 0 aliphatic carbocycles. The summed E-state index contributed by atoms with van der Waals surface area (Å²) in [7, 11) is 1.59. The fraction of sp³-hybridized carbons (Fsp3) is 0.267. The van der Waals surface area contributed by atoms with Gasteiger partial charge in [0.25, 0.3) is 5.91 Å². The first kappa shape index (κ1) is 14.8. The summed E-state index contributed by atoms with van der Waals surface area (Å²) in [6, 6.07) is 11.8. The van der Waals surface area contributed by atoms with Gasteiger partial charge >= 0.3 is 0 Å². The number of halogens is 1. The van der Waals surface area contributed by atoms with Crippen molar-refractivity contribution in [3.05, 3.63) is 40.9 Å². The second-order valence-corrected chi connectivity index (χ2v) is 5.02. The summed E-state index contributed by atoms with van der Waals surface area (Å²) in [6.45, 7) is 0.962. The molecule has 0 aliphatic heterocycles. The maximum absolute atomic E-state index is 11.6. The van der Waals surface area contributed by atoms with Gasteiger partial charge in [0.1, 0.15) is 5.75 Å². The van der Waals surface area contributed by atoms with Gasteiger partial charge in [0.15, 0.2) is 6.61 Å². The van der Waals surface area contributed by atoms with Gasteiger partial charge in [0.05, 0.1) is 11.1 Å². The first-order valence-corrected chi connectivity index (χ1v) is 7.07. The van der Waals surface area contributed by atoms with Gasteiger partial charge in [-0.1, -0.05) is 30.3 Å². The fourth-order valence-electron chi connectivity index (χ4n) is 1.81. The lowest BCUT2D eigenvalue weighted by Crippen LogP contribution is -2.31. The molecule has 0 bridgehead atoms. The van der Waals surface area contributed by atoms with Crippen molar-refractivity contribution < 1.29 is 14.3 Å². The van der Waals surface area contributed by atoms with Crippen LogP contribution in [0.25, 0.3) is 10.8 Å². The summed E-state index contributed by atoms with van der Waals surface area (Å²) < 4.78 is 11.3. The van der Waals surface area contributed by atoms with Crippen molar-refractivity contribution in [1.29, 1.82) is 0 Å². The molecule has 0 fully saturated rings. The van der Waals surface area contributed by atoms with Gasteiger partial charge in [-0.05, 0) is 32.8 Å². The van der Waals surface area contributed by atoms with Gasteiger partial charge in [-0.15, -0.1) is 0 Å². The SMILES string of the molecule is COCCNC(=O)COc1ccc2ccccc2c1Br. The molecule has 0 spiro atoms. The highest BCUT2D eigenvalue weighted by molar-refractivity contribution is 9.10. The Balaban J connectivity index is 2.00. The van der Waals surface area contributed by atoms with Crippen LogP contribution in [-0.2, 0) is 9.53 Å². The Labute approximate surface area is 126 Å². The summed E-state index contributed by atoms with van der Waals surface area (Å²) >= 11 is 3.52. The zero-order chi connectivity index (χ0) is 14.4. The zero-order valence-electron chi connectivity index (χ0n) is 11.2. The third kappa shape index (κ3) is 3.71. The summed E-state index contributed by atoms with van der Waals surface area (Å²) in [6.07, 6.45) is 0. The van der Waals surface area contributed by atoms with Gasteiger partial charge < -0.3 is 14.8 Å². The molecule has 0 saturated carbocycles. The molecule has 20 heavy (non-hydrogen) atoms. The van der Waals surface area contributed by atoms with E-state index in [4.69, 9.17) is 9.47 Å². The lowest BCUT2D eigenvalue weighted by Gasteiger charge is -2.10. The van der Waals surface area contributed by atoms with Gasteiger partial charge in [-0.3, -0.25) is 4.79 Å². The van der Waals surface area contributed by atoms with Gasteiger partial charge in [0, 0.05) is 13.7 Å². The summed E-state index contributed by atoms with van der Waals surface area (Å²) in [5.74, 6) is 0.493. The molecule has 2 rings (SSSR count). The predicted octanol–water partition coefficient (Wildman–Crippen LogP) is 2.74. The molecule has 2 aromatic carbocycles. The molecule has 0 saturated heterocycles. The molecule has 0 aromatic heterocycles. The minimum absolute atomic E-state index is 0.0132. The number of nitrogens with one attached hydrogen (secondary N) is 1. The number of carbonyl (C=O) groups excluding carboxylic acids is 1. The lowest BCUT2D eigenvalue weighted by atomic mass is 10.1. The molecule has 1 N–H and O–H groups in total. The molecule has 1 amide bonds. The first-order valence-electron chi connectivity index (χ1n) is 6.28. The van der Waals surface area contributed by atoms with Gasteiger partial charge in [0.2, 0.25) is 0 Å². The number of rotatable bonds is 6. The van der Waals surface area contributed by atoms with Gasteiger partial charge in [-0.2, -0.15) is 0 Å². The molecule has 0 aliphatic rings. The van der Waals surface area contributed by atoms with Crippen molar-refractivity contribution in [3.8, 4) is 5.75 Å². The van der Waals surface area contributed by atoms with Crippen LogP contribution in [0.5, 0.6) is 5.75 Å². The average Bonchev–Trinajstić information content (AvgIpc) is 2.47. The largest absolute Gasteiger partial charge is 0.483 e. The number of hydrogen-bond donors (Lipinski definition) is 1. The van der Waals surface area contributed by atoms with Crippen molar-refractivity contribution in [2.45, 2.75) is 0 Å². The number of methoxy groups -OCH3 is 1. The first-order chi connectivity index (χ1) is 9.72. The van der Waals surface area contributed by atoms with Crippen LogP contribution in [0.3, 0.4) is 0 Å². The molecule has 0 radical (unpaired) electrons. The standard InChI is InChI=1S/C15H16BrNO3/c1-19-9-8-17-14(18)10-20-13-7-6-11-4-2-3-5-12(11)15(13)16/h2-7H,8-10H2,1H3,(H,17,18). The van der Waals surface area contributed by atoms with E-state index in [-0.39, 0.29) is 12.5 Å². The fourth-order valence-corrected chi connectivity index (χ4v) is 2.42. The lowest BCUT2D eigenvalue weighted by molar-refractivity contribution is -0.123. The number of ether oxygens (including phenoxy) is 2. The van der Waals surface area contributed by atoms with E-state index in [1.165, 1.54) is 0 Å². The van der Waals surface area contributed by atoms with Crippen molar-refractivity contribution >= 4 is 32.6 Å². The minimum atomic E-state index is -0.165. The Morgan fingerprint density at radius 3 is 2.85 bits per heavy atom. The quantitative estimate of drug-likeness (QED) is 0.824. The molecule has 0 atom stereocenters. The smallest absolute Gasteiger partial charge is 0.258 e. The highest BCUT2D eigenvalue weighted by Gasteiger charge is 2.08. The van der Waals surface area contributed by atoms with Crippen LogP contribution >= 0.6 is 15.9 Å². The Kier molecular flexibility index (Phi) is 5.38.